The van der Waals surface area contributed by atoms with Crippen molar-refractivity contribution >= 4 is 23.2 Å². The number of rotatable bonds is 6. The van der Waals surface area contributed by atoms with E-state index in [9.17, 15) is 9.59 Å². The van der Waals surface area contributed by atoms with Crippen LogP contribution in [0.25, 0.3) is 0 Å². The molecule has 126 valence electrons. The fourth-order valence-electron chi connectivity index (χ4n) is 2.50. The summed E-state index contributed by atoms with van der Waals surface area (Å²) in [7, 11) is 0. The van der Waals surface area contributed by atoms with E-state index in [-0.39, 0.29) is 18.2 Å². The second-order valence-electron chi connectivity index (χ2n) is 5.98. The Kier molecular flexibility index (Phi) is 6.13. The minimum absolute atomic E-state index is 0.172. The number of nitrogens with zero attached hydrogens (tertiary/aromatic N) is 1. The second kappa shape index (κ2) is 8.29. The summed E-state index contributed by atoms with van der Waals surface area (Å²) in [6, 6.07) is 17.1. The average molecular weight is 324 g/mol. The predicted octanol–water partition coefficient (Wildman–Crippen LogP) is 4.19. The molecule has 0 aromatic heterocycles. The van der Waals surface area contributed by atoms with E-state index in [0.29, 0.717) is 18.2 Å². The third kappa shape index (κ3) is 4.69. The molecule has 0 saturated heterocycles. The van der Waals surface area contributed by atoms with E-state index < -0.39 is 0 Å². The van der Waals surface area contributed by atoms with Crippen molar-refractivity contribution in [2.75, 3.05) is 16.8 Å². The van der Waals surface area contributed by atoms with E-state index in [1.165, 1.54) is 5.56 Å². The Morgan fingerprint density at radius 2 is 1.62 bits per heavy atom. The molecule has 0 fully saturated rings. The molecule has 0 aliphatic heterocycles. The van der Waals surface area contributed by atoms with Crippen molar-refractivity contribution in [1.29, 1.82) is 0 Å². The van der Waals surface area contributed by atoms with Crippen molar-refractivity contribution in [2.45, 2.75) is 33.1 Å². The van der Waals surface area contributed by atoms with E-state index in [1.54, 1.807) is 4.90 Å². The van der Waals surface area contributed by atoms with Gasteiger partial charge in [-0.05, 0) is 42.7 Å². The molecular weight excluding hydrogens is 300 g/mol. The molecule has 2 aromatic rings. The quantitative estimate of drug-likeness (QED) is 0.810. The van der Waals surface area contributed by atoms with Gasteiger partial charge in [0.25, 0.3) is 0 Å². The summed E-state index contributed by atoms with van der Waals surface area (Å²) >= 11 is 0. The lowest BCUT2D eigenvalue weighted by molar-refractivity contribution is -0.125. The molecule has 0 bridgehead atoms. The van der Waals surface area contributed by atoms with Crippen LogP contribution in [0.5, 0.6) is 0 Å². The van der Waals surface area contributed by atoms with E-state index >= 15 is 0 Å². The number of hydrogen-bond acceptors (Lipinski definition) is 2. The molecule has 2 rings (SSSR count). The first-order valence-electron chi connectivity index (χ1n) is 8.26. The Bertz CT molecular complexity index is 679. The molecular formula is C20H24N2O2. The summed E-state index contributed by atoms with van der Waals surface area (Å²) in [4.78, 5) is 26.1. The molecule has 24 heavy (non-hydrogen) atoms. The van der Waals surface area contributed by atoms with Crippen LogP contribution in [0, 0.1) is 0 Å². The van der Waals surface area contributed by atoms with Crippen LogP contribution in [-0.2, 0) is 9.59 Å². The monoisotopic (exact) mass is 324 g/mol. The number of carbonyl (C=O) groups excluding carboxylic acids is 2. The van der Waals surface area contributed by atoms with Crippen molar-refractivity contribution in [1.82, 2.24) is 0 Å². The second-order valence-corrected chi connectivity index (χ2v) is 5.98. The standard InChI is InChI=1S/C20H24N2O2/c1-4-22(18-8-6-5-7-9-18)20(24)14-19(23)21-17-12-10-16(11-13-17)15(2)3/h5-13,15H,4,14H2,1-3H3,(H,21,23). The number of anilines is 2. The average Bonchev–Trinajstić information content (AvgIpc) is 2.56. The van der Waals surface area contributed by atoms with E-state index in [4.69, 9.17) is 0 Å². The summed E-state index contributed by atoms with van der Waals surface area (Å²) in [6.45, 7) is 6.66. The Balaban J connectivity index is 1.97. The fraction of sp³-hybridized carbons (Fsp3) is 0.300. The van der Waals surface area contributed by atoms with Gasteiger partial charge in [-0.25, -0.2) is 0 Å². The Morgan fingerprint density at radius 3 is 2.17 bits per heavy atom. The highest BCUT2D eigenvalue weighted by molar-refractivity contribution is 6.09. The number of amides is 2. The zero-order valence-electron chi connectivity index (χ0n) is 14.5. The molecule has 0 aliphatic carbocycles. The molecule has 4 nitrogen and oxygen atoms in total. The van der Waals surface area contributed by atoms with Gasteiger partial charge in [0.2, 0.25) is 11.8 Å². The molecule has 0 heterocycles. The van der Waals surface area contributed by atoms with Crippen LogP contribution in [0.3, 0.4) is 0 Å². The molecule has 2 aromatic carbocycles. The van der Waals surface area contributed by atoms with Crippen LogP contribution in [0.2, 0.25) is 0 Å². The van der Waals surface area contributed by atoms with Gasteiger partial charge >= 0.3 is 0 Å². The van der Waals surface area contributed by atoms with Crippen LogP contribution in [-0.4, -0.2) is 18.4 Å². The van der Waals surface area contributed by atoms with E-state index in [2.05, 4.69) is 19.2 Å². The number of para-hydroxylation sites is 1. The maximum absolute atomic E-state index is 12.4. The number of hydrogen-bond donors (Lipinski definition) is 1. The molecule has 0 unspecified atom stereocenters. The smallest absolute Gasteiger partial charge is 0.236 e. The molecule has 1 N–H and O–H groups in total. The predicted molar refractivity (Wildman–Crippen MR) is 98.2 cm³/mol. The van der Waals surface area contributed by atoms with Gasteiger partial charge in [-0.3, -0.25) is 9.59 Å². The normalized spacial score (nSPS) is 10.5. The minimum atomic E-state index is -0.299. The van der Waals surface area contributed by atoms with Gasteiger partial charge in [-0.15, -0.1) is 0 Å². The summed E-state index contributed by atoms with van der Waals surface area (Å²) in [5, 5.41) is 2.78. The minimum Gasteiger partial charge on any atom is -0.326 e. The van der Waals surface area contributed by atoms with Crippen LogP contribution in [0.15, 0.2) is 54.6 Å². The maximum atomic E-state index is 12.4. The first-order valence-corrected chi connectivity index (χ1v) is 8.26. The van der Waals surface area contributed by atoms with Crippen LogP contribution in [0.4, 0.5) is 11.4 Å². The first kappa shape index (κ1) is 17.7. The van der Waals surface area contributed by atoms with Crippen molar-refractivity contribution in [3.63, 3.8) is 0 Å². The Hall–Kier alpha value is -2.62. The first-order chi connectivity index (χ1) is 11.5. The van der Waals surface area contributed by atoms with Crippen molar-refractivity contribution in [3.8, 4) is 0 Å². The lowest BCUT2D eigenvalue weighted by Crippen LogP contribution is -2.33. The largest absolute Gasteiger partial charge is 0.326 e. The van der Waals surface area contributed by atoms with Gasteiger partial charge in [-0.1, -0.05) is 44.2 Å². The number of carbonyl (C=O) groups is 2. The highest BCUT2D eigenvalue weighted by Gasteiger charge is 2.17. The summed E-state index contributed by atoms with van der Waals surface area (Å²) in [5.41, 5.74) is 2.73. The van der Waals surface area contributed by atoms with Crippen LogP contribution in [0.1, 0.15) is 38.7 Å². The molecule has 0 radical (unpaired) electrons. The van der Waals surface area contributed by atoms with Gasteiger partial charge in [-0.2, -0.15) is 0 Å². The summed E-state index contributed by atoms with van der Waals surface area (Å²) < 4.78 is 0. The molecule has 4 heteroatoms. The lowest BCUT2D eigenvalue weighted by atomic mass is 10.0. The third-order valence-corrected chi connectivity index (χ3v) is 3.86. The molecule has 0 atom stereocenters. The summed E-state index contributed by atoms with van der Waals surface area (Å²) in [5.74, 6) is -0.0630. The number of benzene rings is 2. The third-order valence-electron chi connectivity index (χ3n) is 3.86. The van der Waals surface area contributed by atoms with Gasteiger partial charge in [0.05, 0.1) is 0 Å². The number of nitrogens with one attached hydrogen (secondary N) is 1. The van der Waals surface area contributed by atoms with Crippen LogP contribution < -0.4 is 10.2 Å². The van der Waals surface area contributed by atoms with Gasteiger partial charge in [0.15, 0.2) is 0 Å². The molecule has 0 aliphatic rings. The van der Waals surface area contributed by atoms with Crippen LogP contribution >= 0.6 is 0 Å². The van der Waals surface area contributed by atoms with Gasteiger partial charge in [0.1, 0.15) is 6.42 Å². The van der Waals surface area contributed by atoms with Gasteiger partial charge < -0.3 is 10.2 Å². The lowest BCUT2D eigenvalue weighted by Gasteiger charge is -2.20. The Morgan fingerprint density at radius 1 is 1.00 bits per heavy atom. The summed E-state index contributed by atoms with van der Waals surface area (Å²) in [6.07, 6.45) is -0.172. The molecule has 2 amide bonds. The van der Waals surface area contributed by atoms with Crippen molar-refractivity contribution in [3.05, 3.63) is 60.2 Å². The molecule has 0 saturated carbocycles. The fourth-order valence-corrected chi connectivity index (χ4v) is 2.50. The topological polar surface area (TPSA) is 49.4 Å². The van der Waals surface area contributed by atoms with Gasteiger partial charge in [0, 0.05) is 17.9 Å². The zero-order chi connectivity index (χ0) is 17.5. The molecule has 0 spiro atoms. The SMILES string of the molecule is CCN(C(=O)CC(=O)Nc1ccc(C(C)C)cc1)c1ccccc1. The van der Waals surface area contributed by atoms with E-state index in [0.717, 1.165) is 5.69 Å². The highest BCUT2D eigenvalue weighted by atomic mass is 16.2. The zero-order valence-corrected chi connectivity index (χ0v) is 14.5. The maximum Gasteiger partial charge on any atom is 0.236 e. The van der Waals surface area contributed by atoms with Crippen molar-refractivity contribution < 1.29 is 9.59 Å². The van der Waals surface area contributed by atoms with Crippen molar-refractivity contribution in [2.24, 2.45) is 0 Å². The Labute approximate surface area is 143 Å². The van der Waals surface area contributed by atoms with E-state index in [1.807, 2.05) is 61.5 Å². The highest BCUT2D eigenvalue weighted by Crippen LogP contribution is 2.18.